The molecule has 0 unspecified atom stereocenters. The van der Waals surface area contributed by atoms with Crippen LogP contribution in [0.5, 0.6) is 0 Å². The minimum Gasteiger partial charge on any atom is -0.364 e. The summed E-state index contributed by atoms with van der Waals surface area (Å²) in [4.78, 5) is 22.3. The summed E-state index contributed by atoms with van der Waals surface area (Å²) in [6.45, 7) is 0.599. The van der Waals surface area contributed by atoms with Crippen molar-refractivity contribution in [2.75, 3.05) is 5.32 Å². The fourth-order valence-corrected chi connectivity index (χ4v) is 2.67. The van der Waals surface area contributed by atoms with Crippen molar-refractivity contribution in [3.05, 3.63) is 38.3 Å². The highest BCUT2D eigenvalue weighted by Crippen LogP contribution is 2.25. The van der Waals surface area contributed by atoms with Crippen LogP contribution in [0.4, 0.5) is 5.82 Å². The van der Waals surface area contributed by atoms with Gasteiger partial charge in [-0.1, -0.05) is 11.3 Å². The summed E-state index contributed by atoms with van der Waals surface area (Å²) < 4.78 is 0. The second kappa shape index (κ2) is 4.29. The van der Waals surface area contributed by atoms with Crippen molar-refractivity contribution in [1.29, 1.82) is 0 Å². The first-order chi connectivity index (χ1) is 8.33. The Labute approximate surface area is 102 Å². The lowest BCUT2D eigenvalue weighted by Gasteiger charge is -2.08. The summed E-state index contributed by atoms with van der Waals surface area (Å²) in [5.41, 5.74) is 3.27. The Bertz CT molecular complexity index is 589. The lowest BCUT2D eigenvalue weighted by molar-refractivity contribution is 0.899. The van der Waals surface area contributed by atoms with E-state index < -0.39 is 0 Å². The molecule has 2 aromatic rings. The average molecular weight is 248 g/mol. The molecule has 1 aliphatic rings. The van der Waals surface area contributed by atoms with Gasteiger partial charge in [-0.2, -0.15) is 0 Å². The number of H-pyrrole nitrogens is 1. The van der Waals surface area contributed by atoms with Crippen molar-refractivity contribution in [2.24, 2.45) is 0 Å². The van der Waals surface area contributed by atoms with E-state index in [2.05, 4.69) is 20.3 Å². The Morgan fingerprint density at radius 3 is 3.18 bits per heavy atom. The van der Waals surface area contributed by atoms with Gasteiger partial charge in [0.1, 0.15) is 12.1 Å². The zero-order valence-corrected chi connectivity index (χ0v) is 10.0. The summed E-state index contributed by atoms with van der Waals surface area (Å²) in [5.74, 6) is 0.902. The zero-order chi connectivity index (χ0) is 11.7. The van der Waals surface area contributed by atoms with E-state index in [1.165, 1.54) is 16.9 Å². The number of anilines is 1. The van der Waals surface area contributed by atoms with Gasteiger partial charge in [0.15, 0.2) is 0 Å². The number of aromatic nitrogens is 3. The molecule has 2 N–H and O–H groups in total. The van der Waals surface area contributed by atoms with Gasteiger partial charge >= 0.3 is 4.87 Å². The summed E-state index contributed by atoms with van der Waals surface area (Å²) >= 11 is 1.18. The third-order valence-electron chi connectivity index (χ3n) is 2.89. The van der Waals surface area contributed by atoms with E-state index in [1.807, 2.05) is 5.38 Å². The SMILES string of the molecule is O=c1[nH]c(CNc2ncnc3c2CCC3)cs1. The molecule has 2 heterocycles. The molecule has 0 atom stereocenters. The smallest absolute Gasteiger partial charge is 0.304 e. The van der Waals surface area contributed by atoms with Gasteiger partial charge in [-0.05, 0) is 19.3 Å². The standard InChI is InChI=1S/C11H12N4OS/c16-11-15-7(5-17-11)4-12-10-8-2-1-3-9(8)13-6-14-10/h5-6H,1-4H2,(H,15,16)(H,12,13,14). The van der Waals surface area contributed by atoms with Crippen LogP contribution >= 0.6 is 11.3 Å². The molecule has 0 saturated heterocycles. The zero-order valence-electron chi connectivity index (χ0n) is 9.19. The van der Waals surface area contributed by atoms with Gasteiger partial charge in [0.2, 0.25) is 0 Å². The average Bonchev–Trinajstić information content (AvgIpc) is 2.94. The molecule has 0 radical (unpaired) electrons. The molecule has 0 bridgehead atoms. The van der Waals surface area contributed by atoms with Gasteiger partial charge in [0, 0.05) is 22.3 Å². The number of hydrogen-bond acceptors (Lipinski definition) is 5. The maximum atomic E-state index is 11.0. The largest absolute Gasteiger partial charge is 0.364 e. The number of aryl methyl sites for hydroxylation is 1. The van der Waals surface area contributed by atoms with Crippen LogP contribution in [0.3, 0.4) is 0 Å². The Morgan fingerprint density at radius 2 is 2.35 bits per heavy atom. The second-order valence-corrected chi connectivity index (χ2v) is 4.87. The molecule has 17 heavy (non-hydrogen) atoms. The minimum absolute atomic E-state index is 0.0188. The van der Waals surface area contributed by atoms with E-state index in [9.17, 15) is 4.79 Å². The third-order valence-corrected chi connectivity index (χ3v) is 3.61. The molecule has 0 saturated carbocycles. The number of nitrogens with one attached hydrogen (secondary N) is 2. The van der Waals surface area contributed by atoms with Crippen LogP contribution in [0.25, 0.3) is 0 Å². The van der Waals surface area contributed by atoms with Gasteiger partial charge < -0.3 is 10.3 Å². The Hall–Kier alpha value is -1.69. The Morgan fingerprint density at radius 1 is 1.41 bits per heavy atom. The molecular formula is C11H12N4OS. The molecule has 6 heteroatoms. The molecule has 0 fully saturated rings. The van der Waals surface area contributed by atoms with Gasteiger partial charge in [0.25, 0.3) is 0 Å². The van der Waals surface area contributed by atoms with Crippen molar-refractivity contribution in [2.45, 2.75) is 25.8 Å². The van der Waals surface area contributed by atoms with Gasteiger partial charge in [0.05, 0.1) is 6.54 Å². The quantitative estimate of drug-likeness (QED) is 0.859. The molecule has 0 aromatic carbocycles. The Balaban J connectivity index is 1.78. The van der Waals surface area contributed by atoms with Crippen molar-refractivity contribution >= 4 is 17.2 Å². The molecule has 3 rings (SSSR count). The van der Waals surface area contributed by atoms with Crippen LogP contribution in [-0.2, 0) is 19.4 Å². The van der Waals surface area contributed by atoms with Crippen molar-refractivity contribution in [3.63, 3.8) is 0 Å². The van der Waals surface area contributed by atoms with Crippen LogP contribution in [0.2, 0.25) is 0 Å². The minimum atomic E-state index is -0.0188. The highest BCUT2D eigenvalue weighted by molar-refractivity contribution is 7.07. The summed E-state index contributed by atoms with van der Waals surface area (Å²) in [7, 11) is 0. The predicted molar refractivity (Wildman–Crippen MR) is 66.3 cm³/mol. The normalized spacial score (nSPS) is 13.6. The number of aromatic amines is 1. The molecular weight excluding hydrogens is 236 g/mol. The number of rotatable bonds is 3. The van der Waals surface area contributed by atoms with E-state index in [4.69, 9.17) is 0 Å². The lowest BCUT2D eigenvalue weighted by Crippen LogP contribution is -2.07. The van der Waals surface area contributed by atoms with E-state index in [0.717, 1.165) is 36.5 Å². The first kappa shape index (κ1) is 10.5. The lowest BCUT2D eigenvalue weighted by atomic mass is 10.2. The summed E-state index contributed by atoms with van der Waals surface area (Å²) in [6.07, 6.45) is 4.83. The third kappa shape index (κ3) is 2.08. The molecule has 0 spiro atoms. The molecule has 1 aliphatic carbocycles. The Kier molecular flexibility index (Phi) is 2.64. The van der Waals surface area contributed by atoms with Gasteiger partial charge in [-0.3, -0.25) is 4.79 Å². The second-order valence-electron chi connectivity index (χ2n) is 4.03. The molecule has 0 aliphatic heterocycles. The molecule has 2 aromatic heterocycles. The fraction of sp³-hybridized carbons (Fsp3) is 0.364. The first-order valence-corrected chi connectivity index (χ1v) is 6.44. The van der Waals surface area contributed by atoms with E-state index in [0.29, 0.717) is 6.54 Å². The van der Waals surface area contributed by atoms with Crippen molar-refractivity contribution in [3.8, 4) is 0 Å². The van der Waals surface area contributed by atoms with Crippen LogP contribution in [0.15, 0.2) is 16.5 Å². The highest BCUT2D eigenvalue weighted by atomic mass is 32.1. The fourth-order valence-electron chi connectivity index (χ4n) is 2.09. The van der Waals surface area contributed by atoms with E-state index in [1.54, 1.807) is 6.33 Å². The van der Waals surface area contributed by atoms with Crippen molar-refractivity contribution in [1.82, 2.24) is 15.0 Å². The highest BCUT2D eigenvalue weighted by Gasteiger charge is 2.16. The van der Waals surface area contributed by atoms with Crippen LogP contribution in [-0.4, -0.2) is 15.0 Å². The summed E-state index contributed by atoms with van der Waals surface area (Å²) in [6, 6.07) is 0. The molecule has 0 amide bonds. The maximum Gasteiger partial charge on any atom is 0.304 e. The van der Waals surface area contributed by atoms with Crippen molar-refractivity contribution < 1.29 is 0 Å². The van der Waals surface area contributed by atoms with E-state index >= 15 is 0 Å². The van der Waals surface area contributed by atoms with Crippen LogP contribution in [0, 0.1) is 0 Å². The topological polar surface area (TPSA) is 70.7 Å². The maximum absolute atomic E-state index is 11.0. The molecule has 5 nitrogen and oxygen atoms in total. The van der Waals surface area contributed by atoms with Crippen LogP contribution in [0.1, 0.15) is 23.4 Å². The number of thiazole rings is 1. The van der Waals surface area contributed by atoms with Crippen LogP contribution < -0.4 is 10.2 Å². The number of hydrogen-bond donors (Lipinski definition) is 2. The number of fused-ring (bicyclic) bond motifs is 1. The summed E-state index contributed by atoms with van der Waals surface area (Å²) in [5, 5.41) is 5.09. The van der Waals surface area contributed by atoms with Gasteiger partial charge in [-0.15, -0.1) is 0 Å². The van der Waals surface area contributed by atoms with Gasteiger partial charge in [-0.25, -0.2) is 9.97 Å². The molecule has 88 valence electrons. The first-order valence-electron chi connectivity index (χ1n) is 5.56. The number of nitrogens with zero attached hydrogens (tertiary/aromatic N) is 2. The van der Waals surface area contributed by atoms with E-state index in [-0.39, 0.29) is 4.87 Å². The monoisotopic (exact) mass is 248 g/mol. The predicted octanol–water partition coefficient (Wildman–Crippen LogP) is 1.33.